The van der Waals surface area contributed by atoms with Crippen LogP contribution < -0.4 is 10.4 Å². The van der Waals surface area contributed by atoms with E-state index in [1.807, 2.05) is 55.7 Å². The summed E-state index contributed by atoms with van der Waals surface area (Å²) in [6.45, 7) is 5.89. The molecule has 43 heavy (non-hydrogen) atoms. The maximum atomic E-state index is 14.1. The van der Waals surface area contributed by atoms with Crippen molar-refractivity contribution in [2.45, 2.75) is 71.2 Å². The first kappa shape index (κ1) is 31.5. The highest BCUT2D eigenvalue weighted by molar-refractivity contribution is 6.05. The van der Waals surface area contributed by atoms with Crippen LogP contribution in [0, 0.1) is 12.7 Å². The number of benzene rings is 2. The van der Waals surface area contributed by atoms with E-state index >= 15 is 0 Å². The van der Waals surface area contributed by atoms with E-state index in [4.69, 9.17) is 0 Å². The van der Waals surface area contributed by atoms with Crippen molar-refractivity contribution in [3.63, 3.8) is 0 Å². The van der Waals surface area contributed by atoms with Crippen molar-refractivity contribution < 1.29 is 29.3 Å². The Morgan fingerprint density at radius 1 is 0.953 bits per heavy atom. The van der Waals surface area contributed by atoms with Crippen LogP contribution in [0.1, 0.15) is 66.7 Å². The number of carboxylic acid groups (broad SMARTS) is 1. The Balaban J connectivity index is 1.84. The SMILES string of the molecule is Cc1cnc(CNC(=O)c2c(-c3ccccc3)c(-c3ccc(F)cc3)c(CC[C@@H](O)C[C@@H](O)CC(=O)[O-])n2C(C)C)cn1. The van der Waals surface area contributed by atoms with Gasteiger partial charge < -0.3 is 30.0 Å². The number of carboxylic acids is 1. The van der Waals surface area contributed by atoms with E-state index in [9.17, 15) is 29.3 Å². The van der Waals surface area contributed by atoms with Crippen LogP contribution in [0.4, 0.5) is 4.39 Å². The number of halogens is 1. The first-order valence-corrected chi connectivity index (χ1v) is 14.2. The van der Waals surface area contributed by atoms with Gasteiger partial charge in [-0.25, -0.2) is 4.39 Å². The van der Waals surface area contributed by atoms with Crippen molar-refractivity contribution in [3.8, 4) is 22.3 Å². The largest absolute Gasteiger partial charge is 0.550 e. The summed E-state index contributed by atoms with van der Waals surface area (Å²) in [5.41, 5.74) is 5.37. The molecule has 4 aromatic rings. The molecule has 0 aliphatic heterocycles. The average Bonchev–Trinajstić information content (AvgIpc) is 3.31. The molecule has 2 heterocycles. The first-order valence-electron chi connectivity index (χ1n) is 14.2. The summed E-state index contributed by atoms with van der Waals surface area (Å²) in [6.07, 6.45) is 0.744. The standard InChI is InChI=1S/C33H37FN4O5/c1-20(2)38-28(14-13-26(39)15-27(40)16-29(41)42)30(23-9-11-24(34)12-10-23)31(22-7-5-4-6-8-22)32(38)33(43)37-19-25-18-35-21(3)17-36-25/h4-12,17-18,20,26-27,39-40H,13-16,19H2,1-3H3,(H,37,43)(H,41,42)/p-1/t26-,27-/m1/s1. The predicted octanol–water partition coefficient (Wildman–Crippen LogP) is 3.76. The number of amides is 1. The van der Waals surface area contributed by atoms with Crippen LogP contribution in [-0.4, -0.2) is 48.8 Å². The lowest BCUT2D eigenvalue weighted by Crippen LogP contribution is -2.29. The molecule has 0 unspecified atom stereocenters. The smallest absolute Gasteiger partial charge is 0.268 e. The topological polar surface area (TPSA) is 140 Å². The van der Waals surface area contributed by atoms with Gasteiger partial charge in [0.25, 0.3) is 5.91 Å². The van der Waals surface area contributed by atoms with Crippen LogP contribution >= 0.6 is 0 Å². The van der Waals surface area contributed by atoms with Crippen molar-refractivity contribution in [1.29, 1.82) is 0 Å². The number of aryl methyl sites for hydroxylation is 1. The molecule has 4 rings (SSSR count). The van der Waals surface area contributed by atoms with E-state index in [1.54, 1.807) is 24.5 Å². The molecule has 0 radical (unpaired) electrons. The fraction of sp³-hybridized carbons (Fsp3) is 0.333. The molecule has 0 saturated heterocycles. The number of aliphatic hydroxyl groups excluding tert-OH is 2. The minimum absolute atomic E-state index is 0.140. The monoisotopic (exact) mass is 587 g/mol. The molecular weight excluding hydrogens is 551 g/mol. The lowest BCUT2D eigenvalue weighted by atomic mass is 9.92. The summed E-state index contributed by atoms with van der Waals surface area (Å²) in [7, 11) is 0. The Labute approximate surface area is 250 Å². The average molecular weight is 588 g/mol. The molecule has 0 spiro atoms. The zero-order valence-corrected chi connectivity index (χ0v) is 24.5. The van der Waals surface area contributed by atoms with E-state index in [-0.39, 0.29) is 31.3 Å². The molecule has 0 aliphatic carbocycles. The van der Waals surface area contributed by atoms with Gasteiger partial charge in [-0.15, -0.1) is 0 Å². The number of nitrogens with zero attached hydrogens (tertiary/aromatic N) is 3. The number of aromatic nitrogens is 3. The van der Waals surface area contributed by atoms with Gasteiger partial charge in [0, 0.05) is 41.4 Å². The molecule has 10 heteroatoms. The van der Waals surface area contributed by atoms with Gasteiger partial charge in [-0.1, -0.05) is 42.5 Å². The molecule has 1 amide bonds. The number of hydrogen-bond acceptors (Lipinski definition) is 7. The molecule has 2 aromatic heterocycles. The van der Waals surface area contributed by atoms with Crippen molar-refractivity contribution >= 4 is 11.9 Å². The van der Waals surface area contributed by atoms with Gasteiger partial charge in [0.05, 0.1) is 36.3 Å². The number of rotatable bonds is 13. The number of aliphatic hydroxyl groups is 2. The third kappa shape index (κ3) is 7.91. The number of nitrogens with one attached hydrogen (secondary N) is 1. The number of aliphatic carboxylic acids is 1. The molecule has 0 aliphatic rings. The third-order valence-electron chi connectivity index (χ3n) is 7.16. The van der Waals surface area contributed by atoms with E-state index in [1.165, 1.54) is 12.1 Å². The van der Waals surface area contributed by atoms with Crippen molar-refractivity contribution in [3.05, 3.63) is 95.6 Å². The van der Waals surface area contributed by atoms with Crippen LogP contribution in [0.15, 0.2) is 67.0 Å². The quantitative estimate of drug-likeness (QED) is 0.216. The Morgan fingerprint density at radius 3 is 2.23 bits per heavy atom. The molecule has 0 fully saturated rings. The molecular formula is C33H36FN4O5-. The van der Waals surface area contributed by atoms with Crippen LogP contribution in [0.2, 0.25) is 0 Å². The van der Waals surface area contributed by atoms with Crippen LogP contribution in [0.25, 0.3) is 22.3 Å². The summed E-state index contributed by atoms with van der Waals surface area (Å²) in [5.74, 6) is -2.13. The second kappa shape index (κ2) is 14.2. The van der Waals surface area contributed by atoms with Crippen LogP contribution in [0.3, 0.4) is 0 Å². The summed E-state index contributed by atoms with van der Waals surface area (Å²) in [5, 5.41) is 34.6. The normalized spacial score (nSPS) is 12.7. The molecule has 0 saturated carbocycles. The third-order valence-corrected chi connectivity index (χ3v) is 7.16. The fourth-order valence-electron chi connectivity index (χ4n) is 5.27. The highest BCUT2D eigenvalue weighted by atomic mass is 19.1. The van der Waals surface area contributed by atoms with E-state index in [2.05, 4.69) is 15.3 Å². The van der Waals surface area contributed by atoms with Gasteiger partial charge in [0.15, 0.2) is 0 Å². The predicted molar refractivity (Wildman–Crippen MR) is 158 cm³/mol. The molecule has 9 nitrogen and oxygen atoms in total. The first-order chi connectivity index (χ1) is 20.5. The zero-order chi connectivity index (χ0) is 31.1. The molecule has 3 N–H and O–H groups in total. The number of carbonyl (C=O) groups excluding carboxylic acids is 2. The van der Waals surface area contributed by atoms with E-state index < -0.39 is 30.4 Å². The lowest BCUT2D eigenvalue weighted by molar-refractivity contribution is -0.307. The van der Waals surface area contributed by atoms with Gasteiger partial charge in [-0.2, -0.15) is 0 Å². The summed E-state index contributed by atoms with van der Waals surface area (Å²) < 4.78 is 16.0. The zero-order valence-electron chi connectivity index (χ0n) is 24.5. The summed E-state index contributed by atoms with van der Waals surface area (Å²) in [4.78, 5) is 33.5. The van der Waals surface area contributed by atoms with Crippen LogP contribution in [-0.2, 0) is 17.8 Å². The molecule has 0 bridgehead atoms. The van der Waals surface area contributed by atoms with Gasteiger partial charge in [-0.3, -0.25) is 14.8 Å². The maximum absolute atomic E-state index is 14.1. The van der Waals surface area contributed by atoms with Crippen molar-refractivity contribution in [2.24, 2.45) is 0 Å². The van der Waals surface area contributed by atoms with Gasteiger partial charge in [0.1, 0.15) is 11.5 Å². The summed E-state index contributed by atoms with van der Waals surface area (Å²) in [6, 6.07) is 15.3. The number of carbonyl (C=O) groups is 2. The lowest BCUT2D eigenvalue weighted by Gasteiger charge is -2.20. The van der Waals surface area contributed by atoms with E-state index in [0.717, 1.165) is 22.5 Å². The summed E-state index contributed by atoms with van der Waals surface area (Å²) >= 11 is 0. The Hall–Kier alpha value is -4.41. The molecule has 2 aromatic carbocycles. The van der Waals surface area contributed by atoms with Gasteiger partial charge >= 0.3 is 0 Å². The fourth-order valence-corrected chi connectivity index (χ4v) is 5.27. The van der Waals surface area contributed by atoms with E-state index in [0.29, 0.717) is 28.9 Å². The highest BCUT2D eigenvalue weighted by Crippen LogP contribution is 2.42. The second-order valence-corrected chi connectivity index (χ2v) is 10.9. The molecule has 2 atom stereocenters. The maximum Gasteiger partial charge on any atom is 0.268 e. The Bertz CT molecular complexity index is 1540. The van der Waals surface area contributed by atoms with Crippen molar-refractivity contribution in [1.82, 2.24) is 19.9 Å². The minimum Gasteiger partial charge on any atom is -0.550 e. The highest BCUT2D eigenvalue weighted by Gasteiger charge is 2.30. The Morgan fingerprint density at radius 2 is 1.63 bits per heavy atom. The van der Waals surface area contributed by atoms with Crippen molar-refractivity contribution in [2.75, 3.05) is 0 Å². The molecule has 226 valence electrons. The Kier molecular flexibility index (Phi) is 10.4. The second-order valence-electron chi connectivity index (χ2n) is 10.9. The van der Waals surface area contributed by atoms with Gasteiger partial charge in [-0.05, 0) is 63.3 Å². The van der Waals surface area contributed by atoms with Crippen LogP contribution in [0.5, 0.6) is 0 Å². The minimum atomic E-state index is -1.40. The van der Waals surface area contributed by atoms with Gasteiger partial charge in [0.2, 0.25) is 0 Å². The number of hydrogen-bond donors (Lipinski definition) is 3.